The van der Waals surface area contributed by atoms with Crippen LogP contribution in [-0.2, 0) is 51.4 Å². The average molecular weight is 1460 g/mol. The van der Waals surface area contributed by atoms with Crippen LogP contribution in [0, 0.1) is 0 Å². The molecule has 4 amide bonds. The maximum atomic E-state index is 14.2. The minimum atomic E-state index is -1.36. The van der Waals surface area contributed by atoms with Crippen LogP contribution in [0.15, 0.2) is 82.4 Å². The molecule has 566 valence electrons. The molecule has 0 unspecified atom stereocenters. The molecule has 3 fully saturated rings. The zero-order valence-electron chi connectivity index (χ0n) is 59.4. The van der Waals surface area contributed by atoms with Crippen molar-refractivity contribution in [2.24, 2.45) is 0 Å². The maximum Gasteiger partial charge on any atom is 0.348 e. The van der Waals surface area contributed by atoms with Gasteiger partial charge in [0.1, 0.15) is 35.1 Å². The summed E-state index contributed by atoms with van der Waals surface area (Å²) in [6, 6.07) is 17.5. The van der Waals surface area contributed by atoms with Gasteiger partial charge in [0, 0.05) is 156 Å². The quantitative estimate of drug-likeness (QED) is 0.0315. The van der Waals surface area contributed by atoms with E-state index in [1.165, 1.54) is 26.2 Å². The fourth-order valence-corrected chi connectivity index (χ4v) is 13.4. The van der Waals surface area contributed by atoms with E-state index in [1.54, 1.807) is 60.9 Å². The van der Waals surface area contributed by atoms with Gasteiger partial charge in [0.25, 0.3) is 0 Å². The lowest BCUT2D eigenvalue weighted by molar-refractivity contribution is -0.145. The summed E-state index contributed by atoms with van der Waals surface area (Å²) in [4.78, 5) is 145. The lowest BCUT2D eigenvalue weighted by Gasteiger charge is -2.35. The van der Waals surface area contributed by atoms with Crippen molar-refractivity contribution in [1.29, 1.82) is 0 Å². The van der Waals surface area contributed by atoms with E-state index in [0.29, 0.717) is 87.9 Å². The third-order valence-electron chi connectivity index (χ3n) is 19.3. The second-order valence-corrected chi connectivity index (χ2v) is 27.3. The molecule has 3 saturated heterocycles. The van der Waals surface area contributed by atoms with Crippen LogP contribution >= 0.6 is 0 Å². The van der Waals surface area contributed by atoms with Crippen LogP contribution < -0.4 is 22.0 Å². The summed E-state index contributed by atoms with van der Waals surface area (Å²) in [5.41, 5.74) is 3.38. The molecule has 105 heavy (non-hydrogen) atoms. The summed E-state index contributed by atoms with van der Waals surface area (Å²) in [5, 5.41) is 101. The summed E-state index contributed by atoms with van der Waals surface area (Å²) in [5.74, 6) is -7.25. The van der Waals surface area contributed by atoms with Gasteiger partial charge in [-0.25, -0.2) is 28.9 Å². The fourth-order valence-electron chi connectivity index (χ4n) is 13.4. The second kappa shape index (κ2) is 36.3. The Bertz CT molecular complexity index is 4140. The summed E-state index contributed by atoms with van der Waals surface area (Å²) in [6.07, 6.45) is -1.18. The summed E-state index contributed by atoms with van der Waals surface area (Å²) >= 11 is 0. The zero-order chi connectivity index (χ0) is 75.8. The molecular weight excluding hydrogens is 1360 g/mol. The van der Waals surface area contributed by atoms with Crippen molar-refractivity contribution in [3.05, 3.63) is 116 Å². The summed E-state index contributed by atoms with van der Waals surface area (Å²) in [6.45, 7) is 11.0. The number of rotatable bonds is 29. The lowest BCUT2D eigenvalue weighted by Crippen LogP contribution is -2.52. The molecule has 0 saturated carbocycles. The highest BCUT2D eigenvalue weighted by atomic mass is 16.4. The van der Waals surface area contributed by atoms with E-state index >= 15 is 0 Å². The molecule has 0 spiro atoms. The highest BCUT2D eigenvalue weighted by molar-refractivity contribution is 5.89. The predicted octanol–water partition coefficient (Wildman–Crippen LogP) is 1.31. The van der Waals surface area contributed by atoms with Gasteiger partial charge >= 0.3 is 35.3 Å². The van der Waals surface area contributed by atoms with Crippen LogP contribution in [-0.4, -0.2) is 300 Å². The van der Waals surface area contributed by atoms with E-state index in [0.717, 1.165) is 11.1 Å². The number of aliphatic carboxylic acids is 4. The number of nitrogens with one attached hydrogen (secondary N) is 4. The SMILES string of the molecule is CC(C)c1cc(-c2n[nH]c(=O)n2-c2ccc(CN3CCN(C(=O)CCNC(=O)[C@@H](CCC(=O)N4CCN(Cc5ccc(-n6c(-c7cc(C(C)C)c(O)cc7O)n[nH]c6=O)cc5)CC4)NC(=O)CC[C@H](C(=O)O)N4CCN(CC(=O)O)CCN(CC(=O)O)CCN(CC(=O)O)CC4)CC3)cc2)c(O)cc1O. The number of hydrogen-bond acceptors (Lipinski definition) is 22. The monoisotopic (exact) mass is 1460 g/mol. The van der Waals surface area contributed by atoms with Crippen molar-refractivity contribution in [2.75, 3.05) is 131 Å². The van der Waals surface area contributed by atoms with Gasteiger partial charge < -0.3 is 61.3 Å². The van der Waals surface area contributed by atoms with Crippen LogP contribution in [0.5, 0.6) is 23.0 Å². The zero-order valence-corrected chi connectivity index (χ0v) is 59.4. The number of phenols is 4. The van der Waals surface area contributed by atoms with Crippen LogP contribution in [0.3, 0.4) is 0 Å². The molecule has 4 aromatic carbocycles. The Kier molecular flexibility index (Phi) is 27.2. The molecule has 3 aliphatic rings. The molecule has 0 aliphatic carbocycles. The van der Waals surface area contributed by atoms with Crippen molar-refractivity contribution >= 4 is 47.5 Å². The number of aromatic amines is 2. The first kappa shape index (κ1) is 78.6. The number of carboxylic acid groups (broad SMARTS) is 4. The molecular formula is C71H94N16O18. The number of aromatic nitrogens is 6. The van der Waals surface area contributed by atoms with Crippen LogP contribution in [0.1, 0.15) is 93.9 Å². The van der Waals surface area contributed by atoms with Gasteiger partial charge in [-0.1, -0.05) is 52.0 Å². The number of amides is 4. The van der Waals surface area contributed by atoms with Crippen molar-refractivity contribution in [2.45, 2.75) is 96.8 Å². The Morgan fingerprint density at radius 2 is 0.848 bits per heavy atom. The number of aromatic hydroxyl groups is 4. The standard InChI is InChI=1S/C71H94N16O18/c1-44(2)50-35-52(58(90)37-56(50)88)66-74-76-70(104)86(66)48-9-5-46(6-10-48)39-78-25-31-84(32-26-78)61(93)16-13-54(73-60(92)15-14-55(69(102)103)83-29-23-81(42-64(97)98)21-19-80(41-63(95)96)20-22-82(24-30-83)43-65(99)100)68(101)72-18-17-62(94)85-33-27-79(28-34-85)40-47-7-11-49(12-8-47)87-67(75-77-71(87)105)53-36-51(45(3)4)57(89)38-59(53)91/h5-12,35-38,44-45,54-55,88-91H,13-34,39-43H2,1-4H3,(H,72,101)(H,73,92)(H,76,104)(H,77,105)(H,95,96)(H,97,98)(H,99,100)(H,102,103)/t54-,55-/m1/s1. The van der Waals surface area contributed by atoms with E-state index in [1.807, 2.05) is 52.0 Å². The first-order valence-electron chi connectivity index (χ1n) is 35.1. The van der Waals surface area contributed by atoms with Gasteiger partial charge in [-0.2, -0.15) is 10.2 Å². The topological polar surface area (TPSA) is 450 Å². The number of carbonyl (C=O) groups excluding carboxylic acids is 4. The van der Waals surface area contributed by atoms with Gasteiger partial charge in [-0.15, -0.1) is 0 Å². The molecule has 0 radical (unpaired) electrons. The van der Waals surface area contributed by atoms with Crippen molar-refractivity contribution in [3.63, 3.8) is 0 Å². The fraction of sp³-hybridized carbons (Fsp3) is 0.493. The molecule has 5 heterocycles. The first-order chi connectivity index (χ1) is 50.1. The number of nitrogens with zero attached hydrogens (tertiary/aromatic N) is 12. The molecule has 34 heteroatoms. The molecule has 3 aliphatic heterocycles. The van der Waals surface area contributed by atoms with Crippen molar-refractivity contribution in [3.8, 4) is 57.1 Å². The van der Waals surface area contributed by atoms with E-state index in [4.69, 9.17) is 0 Å². The van der Waals surface area contributed by atoms with E-state index in [9.17, 15) is 88.8 Å². The highest BCUT2D eigenvalue weighted by Gasteiger charge is 2.32. The lowest BCUT2D eigenvalue weighted by atomic mass is 9.98. The van der Waals surface area contributed by atoms with Crippen molar-refractivity contribution in [1.82, 2.24) is 79.4 Å². The van der Waals surface area contributed by atoms with Crippen LogP contribution in [0.25, 0.3) is 34.2 Å². The summed E-state index contributed by atoms with van der Waals surface area (Å²) in [7, 11) is 0. The van der Waals surface area contributed by atoms with Gasteiger partial charge in [-0.3, -0.25) is 67.8 Å². The number of carboxylic acids is 4. The number of piperazine rings is 2. The molecule has 2 atom stereocenters. The minimum Gasteiger partial charge on any atom is -0.508 e. The Morgan fingerprint density at radius 1 is 0.467 bits per heavy atom. The van der Waals surface area contributed by atoms with E-state index in [-0.39, 0.29) is 161 Å². The number of hydrogen-bond donors (Lipinski definition) is 12. The molecule has 12 N–H and O–H groups in total. The smallest absolute Gasteiger partial charge is 0.348 e. The Morgan fingerprint density at radius 3 is 1.23 bits per heavy atom. The maximum absolute atomic E-state index is 14.2. The Hall–Kier alpha value is -10.5. The average Bonchev–Trinajstić information content (AvgIpc) is 1.69. The second-order valence-electron chi connectivity index (χ2n) is 27.3. The molecule has 34 nitrogen and oxygen atoms in total. The largest absolute Gasteiger partial charge is 0.508 e. The number of carbonyl (C=O) groups is 8. The van der Waals surface area contributed by atoms with Crippen molar-refractivity contribution < 1.29 is 79.2 Å². The van der Waals surface area contributed by atoms with Gasteiger partial charge in [0.05, 0.1) is 42.1 Å². The van der Waals surface area contributed by atoms with Gasteiger partial charge in [0.2, 0.25) is 23.6 Å². The molecule has 6 aromatic rings. The Balaban J connectivity index is 0.814. The van der Waals surface area contributed by atoms with Crippen LogP contribution in [0.4, 0.5) is 0 Å². The normalized spacial score (nSPS) is 16.5. The van der Waals surface area contributed by atoms with Gasteiger partial charge in [0.15, 0.2) is 11.6 Å². The predicted molar refractivity (Wildman–Crippen MR) is 381 cm³/mol. The number of H-pyrrole nitrogens is 2. The van der Waals surface area contributed by atoms with Crippen LogP contribution in [0.2, 0.25) is 0 Å². The van der Waals surface area contributed by atoms with E-state index in [2.05, 4.69) is 40.8 Å². The highest BCUT2D eigenvalue weighted by Crippen LogP contribution is 2.39. The van der Waals surface area contributed by atoms with E-state index < -0.39 is 78.7 Å². The van der Waals surface area contributed by atoms with Gasteiger partial charge in [-0.05, 0) is 83.3 Å². The Labute approximate surface area is 604 Å². The molecule has 2 aromatic heterocycles. The number of benzene rings is 4. The summed E-state index contributed by atoms with van der Waals surface area (Å²) < 4.78 is 2.66. The molecule has 9 rings (SSSR count). The third-order valence-corrected chi connectivity index (χ3v) is 19.3. The first-order valence-corrected chi connectivity index (χ1v) is 35.1. The minimum absolute atomic E-state index is 0.0195. The third kappa shape index (κ3) is 21.3. The molecule has 0 bridgehead atoms. The number of phenolic OH excluding ortho intramolecular Hbond substituents is 4.